The van der Waals surface area contributed by atoms with Crippen molar-refractivity contribution in [1.29, 1.82) is 0 Å². The zero-order valence-electron chi connectivity index (χ0n) is 12.0. The Morgan fingerprint density at radius 2 is 1.75 bits per heavy atom. The molecule has 0 radical (unpaired) electrons. The largest absolute Gasteiger partial charge is 0.328 e. The number of hydrogen-bond donors (Lipinski definition) is 2. The maximum Gasteiger partial charge on any atom is 0.240 e. The van der Waals surface area contributed by atoms with Crippen LogP contribution in [0.5, 0.6) is 0 Å². The van der Waals surface area contributed by atoms with Gasteiger partial charge in [0.15, 0.2) is 0 Å². The van der Waals surface area contributed by atoms with Crippen LogP contribution in [0.3, 0.4) is 0 Å². The summed E-state index contributed by atoms with van der Waals surface area (Å²) in [5.74, 6) is 0. The first kappa shape index (κ1) is 15.5. The molecular formula is C15H24N2O2S. The molecule has 0 bridgehead atoms. The van der Waals surface area contributed by atoms with E-state index in [1.165, 1.54) is 5.56 Å². The number of benzene rings is 1. The Bertz CT molecular complexity index is 517. The van der Waals surface area contributed by atoms with E-state index in [4.69, 9.17) is 5.73 Å². The van der Waals surface area contributed by atoms with E-state index in [2.05, 4.69) is 11.6 Å². The van der Waals surface area contributed by atoms with E-state index in [1.807, 2.05) is 12.1 Å². The van der Waals surface area contributed by atoms with Crippen LogP contribution in [0.25, 0.3) is 0 Å². The predicted octanol–water partition coefficient (Wildman–Crippen LogP) is 2.19. The molecular weight excluding hydrogens is 272 g/mol. The van der Waals surface area contributed by atoms with Crippen LogP contribution in [-0.4, -0.2) is 20.5 Å². The maximum atomic E-state index is 12.3. The van der Waals surface area contributed by atoms with Gasteiger partial charge in [-0.3, -0.25) is 0 Å². The van der Waals surface area contributed by atoms with Crippen molar-refractivity contribution in [3.8, 4) is 0 Å². The van der Waals surface area contributed by atoms with Gasteiger partial charge < -0.3 is 5.73 Å². The summed E-state index contributed by atoms with van der Waals surface area (Å²) in [6, 6.07) is 7.44. The average molecular weight is 296 g/mol. The summed E-state index contributed by atoms with van der Waals surface area (Å²) in [4.78, 5) is 0.354. The molecule has 1 aromatic carbocycles. The molecule has 5 heteroatoms. The highest BCUT2D eigenvalue weighted by atomic mass is 32.2. The van der Waals surface area contributed by atoms with E-state index < -0.39 is 10.0 Å². The number of rotatable bonds is 5. The lowest BCUT2D eigenvalue weighted by atomic mass is 9.93. The Hall–Kier alpha value is -0.910. The molecule has 1 aromatic rings. The summed E-state index contributed by atoms with van der Waals surface area (Å²) in [5.41, 5.74) is 7.02. The number of hydrogen-bond acceptors (Lipinski definition) is 3. The van der Waals surface area contributed by atoms with Gasteiger partial charge in [0.2, 0.25) is 10.0 Å². The van der Waals surface area contributed by atoms with Gasteiger partial charge in [-0.1, -0.05) is 25.5 Å². The van der Waals surface area contributed by atoms with E-state index in [9.17, 15) is 8.42 Å². The monoisotopic (exact) mass is 296 g/mol. The molecule has 1 saturated carbocycles. The van der Waals surface area contributed by atoms with Gasteiger partial charge in [-0.25, -0.2) is 13.1 Å². The first-order valence-electron chi connectivity index (χ1n) is 7.38. The normalized spacial score (nSPS) is 23.7. The Kier molecular flexibility index (Phi) is 5.18. The fraction of sp³-hybridized carbons (Fsp3) is 0.600. The van der Waals surface area contributed by atoms with E-state index in [-0.39, 0.29) is 12.1 Å². The minimum absolute atomic E-state index is 0.0233. The third kappa shape index (κ3) is 4.04. The molecule has 0 aliphatic heterocycles. The van der Waals surface area contributed by atoms with Crippen LogP contribution in [0.2, 0.25) is 0 Å². The molecule has 0 unspecified atom stereocenters. The van der Waals surface area contributed by atoms with E-state index >= 15 is 0 Å². The van der Waals surface area contributed by atoms with Gasteiger partial charge in [-0.2, -0.15) is 0 Å². The van der Waals surface area contributed by atoms with Crippen molar-refractivity contribution >= 4 is 10.0 Å². The van der Waals surface area contributed by atoms with Gasteiger partial charge in [0, 0.05) is 12.1 Å². The van der Waals surface area contributed by atoms with Crippen molar-refractivity contribution in [3.05, 3.63) is 29.8 Å². The third-order valence-electron chi connectivity index (χ3n) is 3.87. The standard InChI is InChI=1S/C15H24N2O2S/c1-2-3-12-4-10-15(11-5-12)20(18,19)17-14-8-6-13(16)7-9-14/h4-5,10-11,13-14,17H,2-3,6-9,16H2,1H3. The van der Waals surface area contributed by atoms with Crippen LogP contribution in [0.4, 0.5) is 0 Å². The van der Waals surface area contributed by atoms with Gasteiger partial charge in [0.25, 0.3) is 0 Å². The Morgan fingerprint density at radius 1 is 1.15 bits per heavy atom. The second-order valence-corrected chi connectivity index (χ2v) is 7.34. The highest BCUT2D eigenvalue weighted by molar-refractivity contribution is 7.89. The third-order valence-corrected chi connectivity index (χ3v) is 5.40. The molecule has 1 aliphatic carbocycles. The summed E-state index contributed by atoms with van der Waals surface area (Å²) in [6.07, 6.45) is 5.48. The van der Waals surface area contributed by atoms with Crippen molar-refractivity contribution in [1.82, 2.24) is 4.72 Å². The second-order valence-electron chi connectivity index (χ2n) is 5.63. The van der Waals surface area contributed by atoms with Crippen LogP contribution in [0.1, 0.15) is 44.6 Å². The number of nitrogens with two attached hydrogens (primary N) is 1. The van der Waals surface area contributed by atoms with Gasteiger partial charge >= 0.3 is 0 Å². The van der Waals surface area contributed by atoms with E-state index in [1.54, 1.807) is 12.1 Å². The van der Waals surface area contributed by atoms with Crippen LogP contribution >= 0.6 is 0 Å². The molecule has 0 amide bonds. The second kappa shape index (κ2) is 6.70. The molecule has 20 heavy (non-hydrogen) atoms. The van der Waals surface area contributed by atoms with Crippen LogP contribution in [0.15, 0.2) is 29.2 Å². The number of aryl methyl sites for hydroxylation is 1. The van der Waals surface area contributed by atoms with Gasteiger partial charge in [-0.15, -0.1) is 0 Å². The Labute approximate surface area is 121 Å². The number of sulfonamides is 1. The summed E-state index contributed by atoms with van der Waals surface area (Å²) >= 11 is 0. The average Bonchev–Trinajstić information content (AvgIpc) is 2.42. The summed E-state index contributed by atoms with van der Waals surface area (Å²) in [5, 5.41) is 0. The molecule has 1 fully saturated rings. The van der Waals surface area contributed by atoms with Crippen molar-refractivity contribution in [2.45, 2.75) is 62.4 Å². The summed E-state index contributed by atoms with van der Waals surface area (Å²) in [6.45, 7) is 2.11. The molecule has 0 aromatic heterocycles. The molecule has 112 valence electrons. The smallest absolute Gasteiger partial charge is 0.240 e. The van der Waals surface area contributed by atoms with Crippen molar-refractivity contribution in [3.63, 3.8) is 0 Å². The van der Waals surface area contributed by atoms with Crippen molar-refractivity contribution in [2.24, 2.45) is 5.73 Å². The highest BCUT2D eigenvalue weighted by Crippen LogP contribution is 2.20. The molecule has 2 rings (SSSR count). The summed E-state index contributed by atoms with van der Waals surface area (Å²) < 4.78 is 27.4. The van der Waals surface area contributed by atoms with Crippen LogP contribution in [0, 0.1) is 0 Å². The SMILES string of the molecule is CCCc1ccc(S(=O)(=O)NC2CCC(N)CC2)cc1. The molecule has 0 heterocycles. The zero-order chi connectivity index (χ0) is 14.6. The Morgan fingerprint density at radius 3 is 2.30 bits per heavy atom. The molecule has 3 N–H and O–H groups in total. The van der Waals surface area contributed by atoms with E-state index in [0.29, 0.717) is 4.90 Å². The lowest BCUT2D eigenvalue weighted by Gasteiger charge is -2.26. The number of nitrogens with one attached hydrogen (secondary N) is 1. The first-order chi connectivity index (χ1) is 9.51. The van der Waals surface area contributed by atoms with Crippen molar-refractivity contribution < 1.29 is 8.42 Å². The lowest BCUT2D eigenvalue weighted by molar-refractivity contribution is 0.373. The first-order valence-corrected chi connectivity index (χ1v) is 8.86. The molecule has 1 aliphatic rings. The fourth-order valence-corrected chi connectivity index (χ4v) is 3.95. The van der Waals surface area contributed by atoms with Crippen LogP contribution in [-0.2, 0) is 16.4 Å². The molecule has 0 spiro atoms. The molecule has 0 saturated heterocycles. The predicted molar refractivity (Wildman–Crippen MR) is 81.0 cm³/mol. The minimum Gasteiger partial charge on any atom is -0.328 e. The molecule has 4 nitrogen and oxygen atoms in total. The van der Waals surface area contributed by atoms with E-state index in [0.717, 1.165) is 38.5 Å². The van der Waals surface area contributed by atoms with Gasteiger partial charge in [0.05, 0.1) is 4.90 Å². The lowest BCUT2D eigenvalue weighted by Crippen LogP contribution is -2.40. The minimum atomic E-state index is -3.40. The highest BCUT2D eigenvalue weighted by Gasteiger charge is 2.24. The summed E-state index contributed by atoms with van der Waals surface area (Å²) in [7, 11) is -3.40. The van der Waals surface area contributed by atoms with Gasteiger partial charge in [-0.05, 0) is 49.8 Å². The fourth-order valence-electron chi connectivity index (χ4n) is 2.65. The Balaban J connectivity index is 2.02. The zero-order valence-corrected chi connectivity index (χ0v) is 12.8. The maximum absolute atomic E-state index is 12.3. The molecule has 0 atom stereocenters. The van der Waals surface area contributed by atoms with Gasteiger partial charge in [0.1, 0.15) is 0 Å². The topological polar surface area (TPSA) is 72.2 Å². The quantitative estimate of drug-likeness (QED) is 0.875. The van der Waals surface area contributed by atoms with Crippen LogP contribution < -0.4 is 10.5 Å². The van der Waals surface area contributed by atoms with Crippen molar-refractivity contribution in [2.75, 3.05) is 0 Å².